The number of rotatable bonds is 4. The number of anilines is 1. The SMILES string of the molecule is Nc1c(F)cccc1S(=O)(=O)NCc1ncc[nH]1. The van der Waals surface area contributed by atoms with Crippen LogP contribution in [0, 0.1) is 5.82 Å². The second kappa shape index (κ2) is 4.75. The number of aromatic amines is 1. The minimum Gasteiger partial charge on any atom is -0.395 e. The van der Waals surface area contributed by atoms with Crippen LogP contribution < -0.4 is 10.5 Å². The molecule has 0 spiro atoms. The molecule has 2 rings (SSSR count). The number of hydrogen-bond acceptors (Lipinski definition) is 4. The second-order valence-electron chi connectivity index (χ2n) is 3.51. The van der Waals surface area contributed by atoms with E-state index in [1.165, 1.54) is 18.3 Å². The Labute approximate surface area is 103 Å². The van der Waals surface area contributed by atoms with Gasteiger partial charge >= 0.3 is 0 Å². The molecule has 1 aromatic carbocycles. The van der Waals surface area contributed by atoms with Crippen LogP contribution in [0.25, 0.3) is 0 Å². The van der Waals surface area contributed by atoms with Crippen LogP contribution >= 0.6 is 0 Å². The Hall–Kier alpha value is -1.93. The molecule has 0 aliphatic carbocycles. The minimum absolute atomic E-state index is 0.0225. The van der Waals surface area contributed by atoms with Crippen molar-refractivity contribution in [1.82, 2.24) is 14.7 Å². The van der Waals surface area contributed by atoms with E-state index < -0.39 is 21.5 Å². The molecule has 0 saturated heterocycles. The molecule has 0 aliphatic heterocycles. The van der Waals surface area contributed by atoms with Crippen molar-refractivity contribution in [3.05, 3.63) is 42.2 Å². The number of halogens is 1. The molecule has 6 nitrogen and oxygen atoms in total. The van der Waals surface area contributed by atoms with Crippen LogP contribution in [0.5, 0.6) is 0 Å². The molecule has 96 valence electrons. The summed E-state index contributed by atoms with van der Waals surface area (Å²) in [5.74, 6) is -0.315. The molecule has 8 heteroatoms. The Morgan fingerprint density at radius 2 is 2.22 bits per heavy atom. The first-order valence-corrected chi connectivity index (χ1v) is 6.51. The lowest BCUT2D eigenvalue weighted by Gasteiger charge is -2.08. The highest BCUT2D eigenvalue weighted by atomic mass is 32.2. The van der Waals surface area contributed by atoms with Gasteiger partial charge in [0.15, 0.2) is 0 Å². The largest absolute Gasteiger partial charge is 0.395 e. The molecule has 0 amide bonds. The number of aromatic nitrogens is 2. The quantitative estimate of drug-likeness (QED) is 0.708. The standard InChI is InChI=1S/C10H11FN4O2S/c11-7-2-1-3-8(10(7)12)18(16,17)15-6-9-13-4-5-14-9/h1-5,15H,6,12H2,(H,13,14). The second-order valence-corrected chi connectivity index (χ2v) is 5.25. The molecule has 1 aromatic heterocycles. The molecule has 18 heavy (non-hydrogen) atoms. The summed E-state index contributed by atoms with van der Waals surface area (Å²) >= 11 is 0. The van der Waals surface area contributed by atoms with Crippen molar-refractivity contribution in [1.29, 1.82) is 0 Å². The van der Waals surface area contributed by atoms with Crippen molar-refractivity contribution in [2.75, 3.05) is 5.73 Å². The van der Waals surface area contributed by atoms with Crippen LogP contribution in [0.15, 0.2) is 35.5 Å². The molecule has 2 aromatic rings. The topological polar surface area (TPSA) is 101 Å². The first-order valence-electron chi connectivity index (χ1n) is 5.02. The summed E-state index contributed by atoms with van der Waals surface area (Å²) in [7, 11) is -3.86. The van der Waals surface area contributed by atoms with E-state index >= 15 is 0 Å². The summed E-state index contributed by atoms with van der Waals surface area (Å²) in [5.41, 5.74) is 5.00. The van der Waals surface area contributed by atoms with Gasteiger partial charge in [-0.05, 0) is 12.1 Å². The zero-order chi connectivity index (χ0) is 13.2. The van der Waals surface area contributed by atoms with Gasteiger partial charge in [-0.25, -0.2) is 22.5 Å². The molecule has 4 N–H and O–H groups in total. The molecule has 0 aliphatic rings. The normalized spacial score (nSPS) is 11.6. The predicted octanol–water partition coefficient (Wildman–Crippen LogP) is 0.610. The molecule has 0 saturated carbocycles. The molecule has 0 unspecified atom stereocenters. The molecule has 0 atom stereocenters. The van der Waals surface area contributed by atoms with Crippen LogP contribution in [0.2, 0.25) is 0 Å². The molecule has 1 heterocycles. The molecule has 0 fully saturated rings. The lowest BCUT2D eigenvalue weighted by molar-refractivity contribution is 0.577. The lowest BCUT2D eigenvalue weighted by Crippen LogP contribution is -2.25. The van der Waals surface area contributed by atoms with Crippen LogP contribution in [-0.2, 0) is 16.6 Å². The van der Waals surface area contributed by atoms with Crippen molar-refractivity contribution in [2.45, 2.75) is 11.4 Å². The van der Waals surface area contributed by atoms with Gasteiger partial charge < -0.3 is 10.7 Å². The number of nitrogens with one attached hydrogen (secondary N) is 2. The minimum atomic E-state index is -3.86. The van der Waals surface area contributed by atoms with Crippen LogP contribution in [0.1, 0.15) is 5.82 Å². The first-order chi connectivity index (χ1) is 8.50. The van der Waals surface area contributed by atoms with Gasteiger partial charge in [0.1, 0.15) is 16.5 Å². The number of nitrogen functional groups attached to an aromatic ring is 1. The van der Waals surface area contributed by atoms with E-state index in [4.69, 9.17) is 5.73 Å². The summed E-state index contributed by atoms with van der Waals surface area (Å²) in [6.45, 7) is -0.0225. The van der Waals surface area contributed by atoms with Gasteiger partial charge in [-0.2, -0.15) is 0 Å². The average Bonchev–Trinajstić information content (AvgIpc) is 2.83. The third-order valence-electron chi connectivity index (χ3n) is 2.29. The maximum Gasteiger partial charge on any atom is 0.243 e. The number of nitrogens with zero attached hydrogens (tertiary/aromatic N) is 1. The highest BCUT2D eigenvalue weighted by Gasteiger charge is 2.19. The Morgan fingerprint density at radius 1 is 1.44 bits per heavy atom. The van der Waals surface area contributed by atoms with Gasteiger partial charge in [-0.1, -0.05) is 6.07 Å². The van der Waals surface area contributed by atoms with Gasteiger partial charge in [0.25, 0.3) is 0 Å². The lowest BCUT2D eigenvalue weighted by atomic mass is 10.3. The molecule has 0 bridgehead atoms. The van der Waals surface area contributed by atoms with Crippen LogP contribution in [0.4, 0.5) is 10.1 Å². The van der Waals surface area contributed by atoms with Crippen molar-refractivity contribution in [3.63, 3.8) is 0 Å². The van der Waals surface area contributed by atoms with E-state index in [-0.39, 0.29) is 11.4 Å². The van der Waals surface area contributed by atoms with Crippen LogP contribution in [0.3, 0.4) is 0 Å². The van der Waals surface area contributed by atoms with Gasteiger partial charge in [0.2, 0.25) is 10.0 Å². The fourth-order valence-corrected chi connectivity index (χ4v) is 2.51. The van der Waals surface area contributed by atoms with Gasteiger partial charge in [0.05, 0.1) is 12.2 Å². The Morgan fingerprint density at radius 3 is 2.89 bits per heavy atom. The van der Waals surface area contributed by atoms with E-state index in [2.05, 4.69) is 14.7 Å². The maximum atomic E-state index is 13.2. The van der Waals surface area contributed by atoms with Crippen LogP contribution in [-0.4, -0.2) is 18.4 Å². The summed E-state index contributed by atoms with van der Waals surface area (Å²) in [5, 5.41) is 0. The van der Waals surface area contributed by atoms with Crippen molar-refractivity contribution >= 4 is 15.7 Å². The van der Waals surface area contributed by atoms with Crippen molar-refractivity contribution in [2.24, 2.45) is 0 Å². The summed E-state index contributed by atoms with van der Waals surface area (Å²) in [6.07, 6.45) is 3.07. The number of benzene rings is 1. The zero-order valence-electron chi connectivity index (χ0n) is 9.22. The Bertz CT molecular complexity index is 640. The summed E-state index contributed by atoms with van der Waals surface area (Å²) in [4.78, 5) is 6.33. The number of sulfonamides is 1. The molecule has 0 radical (unpaired) electrons. The Kier molecular flexibility index (Phi) is 3.30. The van der Waals surface area contributed by atoms with E-state index in [9.17, 15) is 12.8 Å². The van der Waals surface area contributed by atoms with Gasteiger partial charge in [-0.3, -0.25) is 0 Å². The van der Waals surface area contributed by atoms with E-state index in [1.807, 2.05) is 0 Å². The third kappa shape index (κ3) is 2.49. The summed E-state index contributed by atoms with van der Waals surface area (Å²) in [6, 6.07) is 3.62. The highest BCUT2D eigenvalue weighted by molar-refractivity contribution is 7.89. The summed E-state index contributed by atoms with van der Waals surface area (Å²) < 4.78 is 39.3. The smallest absolute Gasteiger partial charge is 0.243 e. The number of imidazole rings is 1. The van der Waals surface area contributed by atoms with E-state index in [0.29, 0.717) is 5.82 Å². The maximum absolute atomic E-state index is 13.2. The average molecular weight is 270 g/mol. The first kappa shape index (κ1) is 12.5. The van der Waals surface area contributed by atoms with Crippen molar-refractivity contribution < 1.29 is 12.8 Å². The van der Waals surface area contributed by atoms with E-state index in [1.54, 1.807) is 6.20 Å². The molecular weight excluding hydrogens is 259 g/mol. The monoisotopic (exact) mass is 270 g/mol. The third-order valence-corrected chi connectivity index (χ3v) is 3.75. The molecular formula is C10H11FN4O2S. The number of nitrogens with two attached hydrogens (primary N) is 1. The number of hydrogen-bond donors (Lipinski definition) is 3. The fraction of sp³-hybridized carbons (Fsp3) is 0.100. The van der Waals surface area contributed by atoms with Gasteiger partial charge in [-0.15, -0.1) is 0 Å². The fourth-order valence-electron chi connectivity index (χ4n) is 1.39. The number of H-pyrrole nitrogens is 1. The number of para-hydroxylation sites is 1. The predicted molar refractivity (Wildman–Crippen MR) is 63.4 cm³/mol. The van der Waals surface area contributed by atoms with Gasteiger partial charge in [0, 0.05) is 12.4 Å². The highest BCUT2D eigenvalue weighted by Crippen LogP contribution is 2.20. The van der Waals surface area contributed by atoms with E-state index in [0.717, 1.165) is 6.07 Å². The Balaban J connectivity index is 2.23. The van der Waals surface area contributed by atoms with Crippen molar-refractivity contribution in [3.8, 4) is 0 Å². The zero-order valence-corrected chi connectivity index (χ0v) is 10.0.